The van der Waals surface area contributed by atoms with E-state index < -0.39 is 12.1 Å². The van der Waals surface area contributed by atoms with Crippen molar-refractivity contribution < 1.29 is 24.2 Å². The van der Waals surface area contributed by atoms with E-state index in [2.05, 4.69) is 38.1 Å². The van der Waals surface area contributed by atoms with Crippen LogP contribution >= 0.6 is 11.3 Å². The number of hydrogen-bond acceptors (Lipinski definition) is 7. The summed E-state index contributed by atoms with van der Waals surface area (Å²) in [4.78, 5) is 46.0. The third-order valence-electron chi connectivity index (χ3n) is 8.05. The number of pyridine rings is 1. The summed E-state index contributed by atoms with van der Waals surface area (Å²) in [5.41, 5.74) is 3.54. The summed E-state index contributed by atoms with van der Waals surface area (Å²) in [5, 5.41) is 11.5. The van der Waals surface area contributed by atoms with Gasteiger partial charge in [0.05, 0.1) is 5.69 Å². The molecule has 40 heavy (non-hydrogen) atoms. The van der Waals surface area contributed by atoms with Gasteiger partial charge < -0.3 is 14.7 Å². The van der Waals surface area contributed by atoms with Gasteiger partial charge >= 0.3 is 12.1 Å². The maximum atomic E-state index is 14.1. The number of hydrazine groups is 1. The minimum Gasteiger partial charge on any atom is -0.477 e. The number of carboxylic acid groups (broad SMARTS) is 1. The van der Waals surface area contributed by atoms with Crippen LogP contribution in [0.2, 0.25) is 0 Å². The topological polar surface area (TPSA) is 112 Å². The summed E-state index contributed by atoms with van der Waals surface area (Å²) in [5.74, 6) is -0.174. The van der Waals surface area contributed by atoms with E-state index in [0.29, 0.717) is 24.4 Å². The van der Waals surface area contributed by atoms with E-state index >= 15 is 0 Å². The van der Waals surface area contributed by atoms with Crippen molar-refractivity contribution in [3.63, 3.8) is 0 Å². The second-order valence-electron chi connectivity index (χ2n) is 12.3. The number of rotatable bonds is 7. The molecule has 2 saturated carbocycles. The van der Waals surface area contributed by atoms with Gasteiger partial charge in [-0.25, -0.2) is 25.0 Å². The van der Waals surface area contributed by atoms with E-state index in [1.807, 2.05) is 11.0 Å². The normalized spacial score (nSPS) is 23.3. The largest absolute Gasteiger partial charge is 0.477 e. The zero-order valence-corrected chi connectivity index (χ0v) is 25.0. The molecule has 2 aliphatic carbocycles. The Bertz CT molecular complexity index is 1180. The molecule has 2 aromatic rings. The van der Waals surface area contributed by atoms with E-state index in [9.17, 15) is 19.5 Å². The summed E-state index contributed by atoms with van der Waals surface area (Å²) in [6.07, 6.45) is 7.60. The summed E-state index contributed by atoms with van der Waals surface area (Å²) in [6.45, 7) is 8.42. The molecule has 0 aromatic carbocycles. The Labute approximate surface area is 240 Å². The molecule has 9 nitrogen and oxygen atoms in total. The number of ether oxygens (including phenoxy) is 1. The van der Waals surface area contributed by atoms with Crippen LogP contribution in [0.25, 0.3) is 0 Å². The van der Waals surface area contributed by atoms with Crippen LogP contribution < -0.4 is 15.1 Å². The number of carbonyl (C=O) groups is 3. The van der Waals surface area contributed by atoms with Crippen LogP contribution in [-0.4, -0.2) is 52.2 Å². The lowest BCUT2D eigenvalue weighted by atomic mass is 9.81. The fraction of sp³-hybridized carbons (Fsp3) is 0.600. The predicted molar refractivity (Wildman–Crippen MR) is 156 cm³/mol. The van der Waals surface area contributed by atoms with Gasteiger partial charge in [0.25, 0.3) is 0 Å². The number of carbonyl (C=O) groups excluding carboxylic acids is 2. The Morgan fingerprint density at radius 1 is 1.05 bits per heavy atom. The Morgan fingerprint density at radius 3 is 2.30 bits per heavy atom. The summed E-state index contributed by atoms with van der Waals surface area (Å²) in [6, 6.07) is 6.98. The third kappa shape index (κ3) is 7.20. The van der Waals surface area contributed by atoms with E-state index in [4.69, 9.17) is 4.74 Å². The smallest absolute Gasteiger partial charge is 0.430 e. The maximum absolute atomic E-state index is 14.1. The first-order valence-electron chi connectivity index (χ1n) is 14.3. The molecule has 0 atom stereocenters. The number of aromatic nitrogens is 1. The SMILES string of the molecule is CC1CCC(C(=O)N(c2cc(C(C)(C)C)sc2C(=O)O)[C@H]2CC[C@H](NN(C)C(=O)Oc3ccccn3)CC2)CC1. The molecule has 0 spiro atoms. The van der Waals surface area contributed by atoms with E-state index in [1.165, 1.54) is 16.3 Å². The Kier molecular flexibility index (Phi) is 9.51. The molecule has 2 amide bonds. The van der Waals surface area contributed by atoms with Crippen LogP contribution in [0.5, 0.6) is 5.88 Å². The van der Waals surface area contributed by atoms with Crippen molar-refractivity contribution in [3.8, 4) is 5.88 Å². The predicted octanol–water partition coefficient (Wildman–Crippen LogP) is 6.24. The molecule has 10 heteroatoms. The number of anilines is 1. The second kappa shape index (κ2) is 12.7. The monoisotopic (exact) mass is 570 g/mol. The van der Waals surface area contributed by atoms with Crippen molar-refractivity contribution >= 4 is 35.0 Å². The fourth-order valence-corrected chi connectivity index (χ4v) is 6.68. The molecular formula is C30H42N4O5S. The van der Waals surface area contributed by atoms with Gasteiger partial charge in [0, 0.05) is 42.2 Å². The molecule has 2 N–H and O–H groups in total. The quantitative estimate of drug-likeness (QED) is 0.379. The highest BCUT2D eigenvalue weighted by Gasteiger charge is 2.38. The molecule has 2 aliphatic rings. The minimum atomic E-state index is -0.992. The number of hydrogen-bond donors (Lipinski definition) is 2. The van der Waals surface area contributed by atoms with Crippen molar-refractivity contribution in [1.29, 1.82) is 0 Å². The van der Waals surface area contributed by atoms with Gasteiger partial charge in [0.1, 0.15) is 4.88 Å². The van der Waals surface area contributed by atoms with Crippen molar-refractivity contribution in [1.82, 2.24) is 15.4 Å². The third-order valence-corrected chi connectivity index (χ3v) is 9.59. The number of nitrogens with zero attached hydrogens (tertiary/aromatic N) is 3. The lowest BCUT2D eigenvalue weighted by molar-refractivity contribution is -0.124. The zero-order valence-electron chi connectivity index (χ0n) is 24.2. The van der Waals surface area contributed by atoms with Crippen LogP contribution in [0.1, 0.15) is 93.6 Å². The molecule has 2 heterocycles. The molecule has 2 aromatic heterocycles. The van der Waals surface area contributed by atoms with E-state index in [-0.39, 0.29) is 40.1 Å². The first-order valence-corrected chi connectivity index (χ1v) is 15.1. The summed E-state index contributed by atoms with van der Waals surface area (Å²) < 4.78 is 5.31. The molecule has 0 bridgehead atoms. The molecule has 2 fully saturated rings. The number of aromatic carboxylic acids is 1. The van der Waals surface area contributed by atoms with Gasteiger partial charge in [-0.2, -0.15) is 0 Å². The molecule has 0 radical (unpaired) electrons. The number of nitrogens with one attached hydrogen (secondary N) is 1. The average molecular weight is 571 g/mol. The van der Waals surface area contributed by atoms with Crippen molar-refractivity contribution in [2.24, 2.45) is 11.8 Å². The van der Waals surface area contributed by atoms with Gasteiger partial charge in [-0.1, -0.05) is 33.8 Å². The fourth-order valence-electron chi connectivity index (χ4n) is 5.64. The molecule has 0 unspecified atom stereocenters. The second-order valence-corrected chi connectivity index (χ2v) is 13.3. The van der Waals surface area contributed by atoms with Gasteiger partial charge in [-0.3, -0.25) is 4.79 Å². The van der Waals surface area contributed by atoms with Crippen molar-refractivity contribution in [2.75, 3.05) is 11.9 Å². The number of thiophene rings is 1. The van der Waals surface area contributed by atoms with Gasteiger partial charge in [-0.05, 0) is 74.8 Å². The first kappa shape index (κ1) is 30.0. The molecule has 0 aliphatic heterocycles. The van der Waals surface area contributed by atoms with Gasteiger partial charge in [-0.15, -0.1) is 11.3 Å². The molecular weight excluding hydrogens is 528 g/mol. The Balaban J connectivity index is 1.50. The maximum Gasteiger partial charge on any atom is 0.430 e. The van der Waals surface area contributed by atoms with Crippen LogP contribution in [0.4, 0.5) is 10.5 Å². The highest BCUT2D eigenvalue weighted by atomic mass is 32.1. The van der Waals surface area contributed by atoms with Crippen molar-refractivity contribution in [2.45, 2.75) is 96.6 Å². The zero-order chi connectivity index (χ0) is 29.0. The molecule has 4 rings (SSSR count). The van der Waals surface area contributed by atoms with E-state index in [1.54, 1.807) is 31.4 Å². The summed E-state index contributed by atoms with van der Waals surface area (Å²) >= 11 is 1.28. The van der Waals surface area contributed by atoms with Crippen LogP contribution in [0.15, 0.2) is 30.5 Å². The Hall–Kier alpha value is -2.98. The van der Waals surface area contributed by atoms with Crippen LogP contribution in [-0.2, 0) is 10.2 Å². The van der Waals surface area contributed by atoms with Crippen molar-refractivity contribution in [3.05, 3.63) is 40.2 Å². The lowest BCUT2D eigenvalue weighted by Gasteiger charge is -2.40. The van der Waals surface area contributed by atoms with Crippen LogP contribution in [0.3, 0.4) is 0 Å². The van der Waals surface area contributed by atoms with Crippen LogP contribution in [0, 0.1) is 11.8 Å². The molecule has 218 valence electrons. The number of amides is 2. The molecule has 0 saturated heterocycles. The first-order chi connectivity index (χ1) is 18.9. The Morgan fingerprint density at radius 2 is 1.73 bits per heavy atom. The minimum absolute atomic E-state index is 0.0246. The lowest BCUT2D eigenvalue weighted by Crippen LogP contribution is -2.51. The van der Waals surface area contributed by atoms with E-state index in [0.717, 1.165) is 43.4 Å². The van der Waals surface area contributed by atoms with Gasteiger partial charge in [0.2, 0.25) is 11.8 Å². The number of carboxylic acids is 1. The van der Waals surface area contributed by atoms with Gasteiger partial charge in [0.15, 0.2) is 0 Å². The average Bonchev–Trinajstić information content (AvgIpc) is 3.37. The highest BCUT2D eigenvalue weighted by molar-refractivity contribution is 7.14. The summed E-state index contributed by atoms with van der Waals surface area (Å²) in [7, 11) is 1.62. The standard InChI is InChI=1S/C30H42N4O5S/c1-19-9-11-20(12-10-19)27(35)34(23-18-24(30(2,3)4)40-26(23)28(36)37)22-15-13-21(14-16-22)32-33(5)29(38)39-25-8-6-7-17-31-25/h6-8,17-22,32H,9-16H2,1-5H3,(H,36,37)/t19?,20?,21-,22-. The highest BCUT2D eigenvalue weighted by Crippen LogP contribution is 2.41.